The van der Waals surface area contributed by atoms with E-state index in [1.165, 1.54) is 24.3 Å². The molecule has 2 aromatic rings. The monoisotopic (exact) mass is 381 g/mol. The predicted octanol–water partition coefficient (Wildman–Crippen LogP) is 4.64. The van der Waals surface area contributed by atoms with E-state index in [2.05, 4.69) is 5.32 Å². The Kier molecular flexibility index (Phi) is 6.56. The first-order valence-corrected chi connectivity index (χ1v) is 7.97. The van der Waals surface area contributed by atoms with Crippen LogP contribution in [-0.2, 0) is 14.3 Å². The second-order valence-corrected chi connectivity index (χ2v) is 5.93. The van der Waals surface area contributed by atoms with Gasteiger partial charge >= 0.3 is 5.97 Å². The quantitative estimate of drug-likeness (QED) is 0.606. The number of amides is 1. The summed E-state index contributed by atoms with van der Waals surface area (Å²) >= 11 is 11.7. The summed E-state index contributed by atoms with van der Waals surface area (Å²) in [7, 11) is 0. The number of aryl methyl sites for hydroxylation is 1. The molecule has 0 bridgehead atoms. The molecule has 0 aliphatic rings. The summed E-state index contributed by atoms with van der Waals surface area (Å²) in [4.78, 5) is 23.4. The number of ether oxygens (including phenoxy) is 1. The van der Waals surface area contributed by atoms with Crippen molar-refractivity contribution in [2.75, 3.05) is 11.9 Å². The van der Waals surface area contributed by atoms with Gasteiger partial charge in [0.05, 0.1) is 5.02 Å². The summed E-state index contributed by atoms with van der Waals surface area (Å²) in [5.74, 6) is -1.86. The lowest BCUT2D eigenvalue weighted by Gasteiger charge is -2.08. The van der Waals surface area contributed by atoms with Crippen LogP contribution in [0.15, 0.2) is 42.5 Å². The maximum absolute atomic E-state index is 13.6. The highest BCUT2D eigenvalue weighted by molar-refractivity contribution is 6.32. The molecule has 1 amide bonds. The van der Waals surface area contributed by atoms with Crippen molar-refractivity contribution in [3.8, 4) is 0 Å². The zero-order valence-corrected chi connectivity index (χ0v) is 14.7. The third-order valence-electron chi connectivity index (χ3n) is 3.19. The molecule has 130 valence electrons. The van der Waals surface area contributed by atoms with Gasteiger partial charge in [-0.1, -0.05) is 29.3 Å². The van der Waals surface area contributed by atoms with Gasteiger partial charge in [0.1, 0.15) is 5.82 Å². The number of hydrogen-bond donors (Lipinski definition) is 1. The van der Waals surface area contributed by atoms with Gasteiger partial charge in [-0.05, 0) is 48.9 Å². The number of carbonyl (C=O) groups excluding carboxylic acids is 2. The molecule has 2 aromatic carbocycles. The molecule has 0 radical (unpaired) electrons. The lowest BCUT2D eigenvalue weighted by atomic mass is 10.2. The Hall–Kier alpha value is -2.37. The fourth-order valence-corrected chi connectivity index (χ4v) is 2.41. The Labute approximate surface area is 154 Å². The number of rotatable bonds is 5. The number of anilines is 1. The third kappa shape index (κ3) is 5.59. The summed E-state index contributed by atoms with van der Waals surface area (Å²) in [6.45, 7) is 1.31. The molecule has 0 aliphatic heterocycles. The van der Waals surface area contributed by atoms with E-state index in [1.807, 2.05) is 0 Å². The zero-order valence-electron chi connectivity index (χ0n) is 13.2. The number of hydrogen-bond acceptors (Lipinski definition) is 3. The van der Waals surface area contributed by atoms with Gasteiger partial charge in [0.2, 0.25) is 0 Å². The van der Waals surface area contributed by atoms with E-state index in [9.17, 15) is 14.0 Å². The van der Waals surface area contributed by atoms with Crippen molar-refractivity contribution in [2.24, 2.45) is 0 Å². The minimum Gasteiger partial charge on any atom is -0.452 e. The van der Waals surface area contributed by atoms with E-state index in [-0.39, 0.29) is 10.6 Å². The highest BCUT2D eigenvalue weighted by atomic mass is 35.5. The maximum Gasteiger partial charge on any atom is 0.331 e. The van der Waals surface area contributed by atoms with Crippen molar-refractivity contribution >= 4 is 46.8 Å². The van der Waals surface area contributed by atoms with Crippen LogP contribution in [-0.4, -0.2) is 18.5 Å². The van der Waals surface area contributed by atoms with Gasteiger partial charge in [-0.2, -0.15) is 0 Å². The van der Waals surface area contributed by atoms with E-state index < -0.39 is 24.3 Å². The molecule has 0 fully saturated rings. The molecule has 0 aliphatic carbocycles. The average molecular weight is 382 g/mol. The second kappa shape index (κ2) is 8.65. The maximum atomic E-state index is 13.6. The fraction of sp³-hybridized carbons (Fsp3) is 0.111. The predicted molar refractivity (Wildman–Crippen MR) is 96.2 cm³/mol. The molecule has 7 heteroatoms. The van der Waals surface area contributed by atoms with Gasteiger partial charge in [-0.25, -0.2) is 9.18 Å². The summed E-state index contributed by atoms with van der Waals surface area (Å²) in [6.07, 6.45) is 2.20. The van der Waals surface area contributed by atoms with Gasteiger partial charge in [0.15, 0.2) is 6.61 Å². The highest BCUT2D eigenvalue weighted by Gasteiger charge is 2.09. The summed E-state index contributed by atoms with van der Waals surface area (Å²) in [6, 6.07) is 9.16. The number of benzene rings is 2. The fourth-order valence-electron chi connectivity index (χ4n) is 1.96. The zero-order chi connectivity index (χ0) is 18.4. The molecular weight excluding hydrogens is 368 g/mol. The topological polar surface area (TPSA) is 55.4 Å². The minimum absolute atomic E-state index is 0.0716. The molecule has 0 heterocycles. The van der Waals surface area contributed by atoms with Crippen LogP contribution in [0.3, 0.4) is 0 Å². The Balaban J connectivity index is 1.89. The van der Waals surface area contributed by atoms with Gasteiger partial charge in [0.25, 0.3) is 5.91 Å². The molecule has 0 spiro atoms. The summed E-state index contributed by atoms with van der Waals surface area (Å²) < 4.78 is 18.4. The van der Waals surface area contributed by atoms with Gasteiger partial charge in [-0.15, -0.1) is 0 Å². The lowest BCUT2D eigenvalue weighted by molar-refractivity contribution is -0.142. The van der Waals surface area contributed by atoms with Gasteiger partial charge in [-0.3, -0.25) is 4.79 Å². The lowest BCUT2D eigenvalue weighted by Crippen LogP contribution is -2.20. The van der Waals surface area contributed by atoms with Crippen LogP contribution < -0.4 is 5.32 Å². The van der Waals surface area contributed by atoms with Crippen molar-refractivity contribution in [2.45, 2.75) is 6.92 Å². The molecule has 0 atom stereocenters. The third-order valence-corrected chi connectivity index (χ3v) is 3.76. The van der Waals surface area contributed by atoms with Crippen LogP contribution in [0.1, 0.15) is 11.1 Å². The second-order valence-electron chi connectivity index (χ2n) is 5.08. The van der Waals surface area contributed by atoms with Crippen molar-refractivity contribution in [3.05, 3.63) is 69.5 Å². The van der Waals surface area contributed by atoms with Crippen molar-refractivity contribution < 1.29 is 18.7 Å². The van der Waals surface area contributed by atoms with Crippen LogP contribution in [0, 0.1) is 12.7 Å². The number of carbonyl (C=O) groups is 2. The smallest absolute Gasteiger partial charge is 0.331 e. The van der Waals surface area contributed by atoms with E-state index in [1.54, 1.807) is 25.1 Å². The largest absolute Gasteiger partial charge is 0.452 e. The van der Waals surface area contributed by atoms with Crippen LogP contribution in [0.5, 0.6) is 0 Å². The number of nitrogens with one attached hydrogen (secondary N) is 1. The van der Waals surface area contributed by atoms with E-state index in [4.69, 9.17) is 27.9 Å². The van der Waals surface area contributed by atoms with Crippen LogP contribution in [0.2, 0.25) is 10.0 Å². The van der Waals surface area contributed by atoms with Crippen LogP contribution in [0.4, 0.5) is 10.1 Å². The summed E-state index contributed by atoms with van der Waals surface area (Å²) in [5.41, 5.74) is 1.42. The van der Waals surface area contributed by atoms with E-state index >= 15 is 0 Å². The molecule has 2 rings (SSSR count). The first kappa shape index (κ1) is 19.0. The molecule has 0 unspecified atom stereocenters. The molecular formula is C18H14Cl2FNO3. The normalized spacial score (nSPS) is 10.7. The first-order valence-electron chi connectivity index (χ1n) is 7.21. The molecule has 0 aromatic heterocycles. The van der Waals surface area contributed by atoms with Crippen molar-refractivity contribution in [3.63, 3.8) is 0 Å². The Bertz CT molecular complexity index is 817. The molecule has 25 heavy (non-hydrogen) atoms. The summed E-state index contributed by atoms with van der Waals surface area (Å²) in [5, 5.41) is 3.33. The Morgan fingerprint density at radius 2 is 2.00 bits per heavy atom. The number of halogens is 3. The Morgan fingerprint density at radius 3 is 2.68 bits per heavy atom. The average Bonchev–Trinajstić information content (AvgIpc) is 2.55. The first-order chi connectivity index (χ1) is 11.9. The molecule has 0 saturated carbocycles. The molecule has 4 nitrogen and oxygen atoms in total. The highest BCUT2D eigenvalue weighted by Crippen LogP contribution is 2.21. The van der Waals surface area contributed by atoms with Crippen LogP contribution >= 0.6 is 23.2 Å². The SMILES string of the molecule is Cc1cc(Cl)ccc1NC(=O)COC(=O)C=Cc1c(F)cccc1Cl. The van der Waals surface area contributed by atoms with Crippen LogP contribution in [0.25, 0.3) is 6.08 Å². The van der Waals surface area contributed by atoms with Gasteiger partial charge in [0, 0.05) is 22.3 Å². The number of esters is 1. The van der Waals surface area contributed by atoms with Gasteiger partial charge < -0.3 is 10.1 Å². The Morgan fingerprint density at radius 1 is 1.24 bits per heavy atom. The van der Waals surface area contributed by atoms with Crippen molar-refractivity contribution in [1.29, 1.82) is 0 Å². The standard InChI is InChI=1S/C18H14Cl2FNO3/c1-11-9-12(19)5-7-16(11)22-17(23)10-25-18(24)8-6-13-14(20)3-2-4-15(13)21/h2-9H,10H2,1H3,(H,22,23). The minimum atomic E-state index is -0.790. The van der Waals surface area contributed by atoms with E-state index in [0.29, 0.717) is 10.7 Å². The molecule has 0 saturated heterocycles. The van der Waals surface area contributed by atoms with Crippen molar-refractivity contribution in [1.82, 2.24) is 0 Å². The molecule has 1 N–H and O–H groups in total. The van der Waals surface area contributed by atoms with E-state index in [0.717, 1.165) is 11.6 Å².